The molecule has 3 rings (SSSR count). The van der Waals surface area contributed by atoms with Crippen molar-refractivity contribution in [3.05, 3.63) is 54.0 Å². The van der Waals surface area contributed by atoms with Gasteiger partial charge in [-0.05, 0) is 42.2 Å². The third-order valence-electron chi connectivity index (χ3n) is 5.44. The molecular weight excluding hydrogens is 390 g/mol. The largest absolute Gasteiger partial charge is 0.467 e. The number of amides is 1. The van der Waals surface area contributed by atoms with E-state index in [9.17, 15) is 13.2 Å². The van der Waals surface area contributed by atoms with E-state index in [2.05, 4.69) is 19.2 Å². The van der Waals surface area contributed by atoms with Crippen molar-refractivity contribution >= 4 is 15.9 Å². The van der Waals surface area contributed by atoms with E-state index in [-0.39, 0.29) is 12.5 Å². The van der Waals surface area contributed by atoms with Gasteiger partial charge in [0.25, 0.3) is 0 Å². The number of hydrogen-bond acceptors (Lipinski definition) is 5. The molecule has 1 saturated heterocycles. The van der Waals surface area contributed by atoms with Crippen LogP contribution in [0.2, 0.25) is 0 Å². The molecule has 1 N–H and O–H groups in total. The Labute approximate surface area is 172 Å². The van der Waals surface area contributed by atoms with Crippen LogP contribution in [-0.2, 0) is 21.4 Å². The van der Waals surface area contributed by atoms with Crippen molar-refractivity contribution in [2.75, 3.05) is 32.7 Å². The number of carbonyl (C=O) groups excluding carboxylic acids is 1. The van der Waals surface area contributed by atoms with Gasteiger partial charge in [-0.1, -0.05) is 26.0 Å². The lowest BCUT2D eigenvalue weighted by atomic mass is 9.99. The fraction of sp³-hybridized carbons (Fsp3) is 0.476. The highest BCUT2D eigenvalue weighted by Crippen LogP contribution is 2.23. The molecule has 0 bridgehead atoms. The van der Waals surface area contributed by atoms with Crippen LogP contribution in [0.3, 0.4) is 0 Å². The predicted octanol–water partition coefficient (Wildman–Crippen LogP) is 2.42. The zero-order valence-electron chi connectivity index (χ0n) is 17.0. The minimum Gasteiger partial charge on any atom is -0.467 e. The monoisotopic (exact) mass is 419 g/mol. The number of rotatable bonds is 8. The van der Waals surface area contributed by atoms with Crippen LogP contribution in [0.5, 0.6) is 0 Å². The molecule has 0 saturated carbocycles. The van der Waals surface area contributed by atoms with E-state index >= 15 is 0 Å². The molecule has 8 heteroatoms. The fourth-order valence-corrected chi connectivity index (χ4v) is 4.76. The molecule has 0 radical (unpaired) electrons. The molecule has 2 heterocycles. The normalized spacial score (nSPS) is 17.2. The first-order chi connectivity index (χ1) is 13.9. The summed E-state index contributed by atoms with van der Waals surface area (Å²) in [5.41, 5.74) is 1.15. The molecular formula is C21H29N3O4S. The summed E-state index contributed by atoms with van der Waals surface area (Å²) >= 11 is 0. The number of hydrogen-bond donors (Lipinski definition) is 1. The van der Waals surface area contributed by atoms with Crippen LogP contribution in [0.4, 0.5) is 0 Å². The van der Waals surface area contributed by atoms with Crippen LogP contribution < -0.4 is 5.32 Å². The van der Waals surface area contributed by atoms with Gasteiger partial charge in [0.15, 0.2) is 0 Å². The van der Waals surface area contributed by atoms with E-state index in [1.807, 2.05) is 17.0 Å². The van der Waals surface area contributed by atoms with Crippen LogP contribution in [0.15, 0.2) is 52.0 Å². The molecule has 2 aromatic rings. The molecule has 0 unspecified atom stereocenters. The second kappa shape index (κ2) is 9.56. The van der Waals surface area contributed by atoms with Crippen molar-refractivity contribution < 1.29 is 17.6 Å². The summed E-state index contributed by atoms with van der Waals surface area (Å²) in [6.07, 6.45) is 2.59. The number of nitrogens with zero attached hydrogens (tertiary/aromatic N) is 2. The van der Waals surface area contributed by atoms with Crippen molar-refractivity contribution in [1.29, 1.82) is 0 Å². The Morgan fingerprint density at radius 1 is 1.14 bits per heavy atom. The lowest BCUT2D eigenvalue weighted by Crippen LogP contribution is -2.50. The third-order valence-corrected chi connectivity index (χ3v) is 7.35. The zero-order valence-corrected chi connectivity index (χ0v) is 17.8. The molecule has 0 aliphatic carbocycles. The summed E-state index contributed by atoms with van der Waals surface area (Å²) in [4.78, 5) is 14.4. The van der Waals surface area contributed by atoms with Gasteiger partial charge >= 0.3 is 0 Å². The standard InChI is InChI=1S/C21H29N3O4S/c1-3-17(2)18-6-8-20(9-7-18)29(26,27)24-12-10-23(11-13-24)16-21(25)22-15-19-5-4-14-28-19/h4-9,14,17H,3,10-13,15-16H2,1-2H3,(H,22,25)/t17-/m1/s1. The summed E-state index contributed by atoms with van der Waals surface area (Å²) in [6.45, 7) is 6.66. The summed E-state index contributed by atoms with van der Waals surface area (Å²) in [6, 6.07) is 10.8. The number of sulfonamides is 1. The molecule has 0 spiro atoms. The Hall–Kier alpha value is -2.16. The number of nitrogens with one attached hydrogen (secondary N) is 1. The molecule has 1 aromatic heterocycles. The second-order valence-electron chi connectivity index (χ2n) is 7.41. The van der Waals surface area contributed by atoms with Crippen LogP contribution in [0, 0.1) is 0 Å². The van der Waals surface area contributed by atoms with Crippen molar-refractivity contribution in [1.82, 2.24) is 14.5 Å². The number of piperazine rings is 1. The average molecular weight is 420 g/mol. The first-order valence-electron chi connectivity index (χ1n) is 10.0. The Balaban J connectivity index is 1.50. The third kappa shape index (κ3) is 5.46. The highest BCUT2D eigenvalue weighted by Gasteiger charge is 2.29. The lowest BCUT2D eigenvalue weighted by Gasteiger charge is -2.33. The molecule has 1 fully saturated rings. The maximum atomic E-state index is 12.9. The van der Waals surface area contributed by atoms with E-state index in [0.29, 0.717) is 49.3 Å². The average Bonchev–Trinajstić information content (AvgIpc) is 3.26. The van der Waals surface area contributed by atoms with Gasteiger partial charge in [0, 0.05) is 26.2 Å². The van der Waals surface area contributed by atoms with E-state index < -0.39 is 10.0 Å². The summed E-state index contributed by atoms with van der Waals surface area (Å²) in [7, 11) is -3.51. The summed E-state index contributed by atoms with van der Waals surface area (Å²) in [5.74, 6) is 1.01. The molecule has 1 aliphatic rings. The van der Waals surface area contributed by atoms with Crippen molar-refractivity contribution in [3.8, 4) is 0 Å². The summed E-state index contributed by atoms with van der Waals surface area (Å²) in [5, 5.41) is 2.81. The number of carbonyl (C=O) groups is 1. The van der Waals surface area contributed by atoms with Crippen LogP contribution >= 0.6 is 0 Å². The Bertz CT molecular complexity index is 887. The molecule has 1 atom stereocenters. The SMILES string of the molecule is CC[C@@H](C)c1ccc(S(=O)(=O)N2CCN(CC(=O)NCc3ccco3)CC2)cc1. The van der Waals surface area contributed by atoms with E-state index in [1.165, 1.54) is 4.31 Å². The molecule has 158 valence electrons. The number of furan rings is 1. The van der Waals surface area contributed by atoms with Gasteiger partial charge in [0.1, 0.15) is 5.76 Å². The first-order valence-corrected chi connectivity index (χ1v) is 11.5. The minimum absolute atomic E-state index is 0.0988. The fourth-order valence-electron chi connectivity index (χ4n) is 3.34. The Morgan fingerprint density at radius 2 is 1.83 bits per heavy atom. The molecule has 29 heavy (non-hydrogen) atoms. The second-order valence-corrected chi connectivity index (χ2v) is 9.35. The summed E-state index contributed by atoms with van der Waals surface area (Å²) < 4.78 is 32.5. The van der Waals surface area contributed by atoms with Crippen LogP contribution in [0.1, 0.15) is 37.5 Å². The minimum atomic E-state index is -3.51. The van der Waals surface area contributed by atoms with Gasteiger partial charge in [-0.25, -0.2) is 8.42 Å². The van der Waals surface area contributed by atoms with E-state index in [4.69, 9.17) is 4.42 Å². The van der Waals surface area contributed by atoms with Crippen molar-refractivity contribution in [2.24, 2.45) is 0 Å². The maximum absolute atomic E-state index is 12.9. The van der Waals surface area contributed by atoms with E-state index in [1.54, 1.807) is 30.5 Å². The van der Waals surface area contributed by atoms with Gasteiger partial charge in [0.2, 0.25) is 15.9 Å². The highest BCUT2D eigenvalue weighted by atomic mass is 32.2. The molecule has 1 amide bonds. The van der Waals surface area contributed by atoms with Crippen LogP contribution in [0.25, 0.3) is 0 Å². The Kier molecular flexibility index (Phi) is 7.10. The smallest absolute Gasteiger partial charge is 0.243 e. The highest BCUT2D eigenvalue weighted by molar-refractivity contribution is 7.89. The molecule has 1 aromatic carbocycles. The predicted molar refractivity (Wildman–Crippen MR) is 111 cm³/mol. The lowest BCUT2D eigenvalue weighted by molar-refractivity contribution is -0.122. The van der Waals surface area contributed by atoms with Crippen molar-refractivity contribution in [2.45, 2.75) is 37.6 Å². The quantitative estimate of drug-likeness (QED) is 0.711. The molecule has 7 nitrogen and oxygen atoms in total. The first kappa shape index (κ1) is 21.5. The topological polar surface area (TPSA) is 82.9 Å². The Morgan fingerprint density at radius 3 is 2.41 bits per heavy atom. The van der Waals surface area contributed by atoms with Crippen LogP contribution in [-0.4, -0.2) is 56.3 Å². The van der Waals surface area contributed by atoms with Gasteiger partial charge < -0.3 is 9.73 Å². The van der Waals surface area contributed by atoms with Crippen molar-refractivity contribution in [3.63, 3.8) is 0 Å². The van der Waals surface area contributed by atoms with E-state index in [0.717, 1.165) is 12.0 Å². The maximum Gasteiger partial charge on any atom is 0.243 e. The number of benzene rings is 1. The van der Waals surface area contributed by atoms with Gasteiger partial charge in [-0.2, -0.15) is 4.31 Å². The van der Waals surface area contributed by atoms with Gasteiger partial charge in [0.05, 0.1) is 24.2 Å². The zero-order chi connectivity index (χ0) is 20.9. The van der Waals surface area contributed by atoms with Gasteiger partial charge in [-0.3, -0.25) is 9.69 Å². The molecule has 1 aliphatic heterocycles. The van der Waals surface area contributed by atoms with Gasteiger partial charge in [-0.15, -0.1) is 0 Å².